The van der Waals surface area contributed by atoms with Crippen LogP contribution in [-0.2, 0) is 0 Å². The van der Waals surface area contributed by atoms with Gasteiger partial charge in [0.2, 0.25) is 0 Å². The zero-order chi connectivity index (χ0) is 7.11. The molecular formula is C7H14BrF. The Balaban J connectivity index is 2.88. The minimum atomic E-state index is -0.232. The standard InChI is InChI=1S/C7H14BrF/c1-2-3-4-5-7(8)6-9/h7H,2-6H2,1H3. The van der Waals surface area contributed by atoms with Crippen molar-refractivity contribution in [1.29, 1.82) is 0 Å². The third-order valence-corrected chi connectivity index (χ3v) is 1.99. The van der Waals surface area contributed by atoms with Crippen molar-refractivity contribution in [2.45, 2.75) is 37.4 Å². The summed E-state index contributed by atoms with van der Waals surface area (Å²) in [6, 6.07) is 0. The Hall–Kier alpha value is 0.410. The number of halogens is 2. The van der Waals surface area contributed by atoms with Crippen LogP contribution in [0.1, 0.15) is 32.6 Å². The van der Waals surface area contributed by atoms with Gasteiger partial charge in [0.05, 0.1) is 0 Å². The number of hydrogen-bond donors (Lipinski definition) is 0. The average Bonchev–Trinajstić information content (AvgIpc) is 1.89. The molecule has 0 amide bonds. The number of rotatable bonds is 5. The van der Waals surface area contributed by atoms with E-state index in [1.807, 2.05) is 0 Å². The number of hydrogen-bond acceptors (Lipinski definition) is 0. The van der Waals surface area contributed by atoms with Crippen LogP contribution in [0.15, 0.2) is 0 Å². The minimum absolute atomic E-state index is 0.101. The van der Waals surface area contributed by atoms with E-state index in [0.29, 0.717) is 0 Å². The summed E-state index contributed by atoms with van der Waals surface area (Å²) in [6.07, 6.45) is 4.56. The van der Waals surface area contributed by atoms with Crippen LogP contribution >= 0.6 is 15.9 Å². The summed E-state index contributed by atoms with van der Waals surface area (Å²) in [7, 11) is 0. The van der Waals surface area contributed by atoms with Gasteiger partial charge in [-0.05, 0) is 6.42 Å². The van der Waals surface area contributed by atoms with Gasteiger partial charge in [-0.1, -0.05) is 42.1 Å². The van der Waals surface area contributed by atoms with Crippen molar-refractivity contribution in [2.24, 2.45) is 0 Å². The van der Waals surface area contributed by atoms with Gasteiger partial charge in [0.1, 0.15) is 6.67 Å². The van der Waals surface area contributed by atoms with E-state index in [-0.39, 0.29) is 11.5 Å². The summed E-state index contributed by atoms with van der Waals surface area (Å²) in [4.78, 5) is 0.101. The molecular weight excluding hydrogens is 183 g/mol. The Morgan fingerprint density at radius 2 is 2.11 bits per heavy atom. The third kappa shape index (κ3) is 6.29. The highest BCUT2D eigenvalue weighted by Gasteiger charge is 2.00. The van der Waals surface area contributed by atoms with Crippen LogP contribution in [0.4, 0.5) is 4.39 Å². The van der Waals surface area contributed by atoms with Crippen LogP contribution in [0.25, 0.3) is 0 Å². The smallest absolute Gasteiger partial charge is 0.102 e. The summed E-state index contributed by atoms with van der Waals surface area (Å²) < 4.78 is 11.8. The van der Waals surface area contributed by atoms with E-state index in [4.69, 9.17) is 0 Å². The molecule has 0 aliphatic heterocycles. The third-order valence-electron chi connectivity index (χ3n) is 1.29. The van der Waals surface area contributed by atoms with Gasteiger partial charge < -0.3 is 0 Å². The summed E-state index contributed by atoms with van der Waals surface area (Å²) in [5.74, 6) is 0. The van der Waals surface area contributed by atoms with E-state index in [9.17, 15) is 4.39 Å². The maximum atomic E-state index is 11.8. The van der Waals surface area contributed by atoms with Crippen LogP contribution < -0.4 is 0 Å². The quantitative estimate of drug-likeness (QED) is 0.468. The average molecular weight is 197 g/mol. The fraction of sp³-hybridized carbons (Fsp3) is 1.00. The fourth-order valence-corrected chi connectivity index (χ4v) is 1.02. The Kier molecular flexibility index (Phi) is 6.83. The molecule has 2 heteroatoms. The SMILES string of the molecule is CCCCCC(Br)CF. The van der Waals surface area contributed by atoms with Gasteiger partial charge >= 0.3 is 0 Å². The lowest BCUT2D eigenvalue weighted by atomic mass is 10.2. The first-order valence-corrected chi connectivity index (χ1v) is 4.42. The molecule has 0 aliphatic carbocycles. The molecule has 1 atom stereocenters. The van der Waals surface area contributed by atoms with E-state index >= 15 is 0 Å². The van der Waals surface area contributed by atoms with E-state index in [1.54, 1.807) is 0 Å². The lowest BCUT2D eigenvalue weighted by Crippen LogP contribution is -1.98. The normalized spacial score (nSPS) is 13.7. The molecule has 0 saturated heterocycles. The fourth-order valence-electron chi connectivity index (χ4n) is 0.693. The van der Waals surface area contributed by atoms with Gasteiger partial charge in [0, 0.05) is 4.83 Å². The van der Waals surface area contributed by atoms with Crippen molar-refractivity contribution >= 4 is 15.9 Å². The molecule has 0 fully saturated rings. The number of alkyl halides is 2. The topological polar surface area (TPSA) is 0 Å². The van der Waals surface area contributed by atoms with Crippen LogP contribution in [0, 0.1) is 0 Å². The zero-order valence-electron chi connectivity index (χ0n) is 5.87. The molecule has 0 aromatic rings. The maximum Gasteiger partial charge on any atom is 0.102 e. The first-order valence-electron chi connectivity index (χ1n) is 3.51. The van der Waals surface area contributed by atoms with Crippen LogP contribution in [0.5, 0.6) is 0 Å². The second-order valence-corrected chi connectivity index (χ2v) is 3.54. The molecule has 0 bridgehead atoms. The van der Waals surface area contributed by atoms with Crippen LogP contribution in [-0.4, -0.2) is 11.5 Å². The van der Waals surface area contributed by atoms with Gasteiger partial charge in [0.25, 0.3) is 0 Å². The summed E-state index contributed by atoms with van der Waals surface area (Å²) in [6.45, 7) is 1.92. The number of unbranched alkanes of at least 4 members (excludes halogenated alkanes) is 2. The Morgan fingerprint density at radius 1 is 1.44 bits per heavy atom. The Morgan fingerprint density at radius 3 is 2.56 bits per heavy atom. The van der Waals surface area contributed by atoms with Crippen LogP contribution in [0.2, 0.25) is 0 Å². The van der Waals surface area contributed by atoms with E-state index < -0.39 is 0 Å². The zero-order valence-corrected chi connectivity index (χ0v) is 7.45. The highest BCUT2D eigenvalue weighted by atomic mass is 79.9. The highest BCUT2D eigenvalue weighted by molar-refractivity contribution is 9.09. The molecule has 1 unspecified atom stereocenters. The Bertz CT molecular complexity index is 56.9. The lowest BCUT2D eigenvalue weighted by Gasteiger charge is -2.01. The first kappa shape index (κ1) is 9.41. The molecule has 0 radical (unpaired) electrons. The lowest BCUT2D eigenvalue weighted by molar-refractivity contribution is 0.466. The second-order valence-electron chi connectivity index (χ2n) is 2.25. The summed E-state index contributed by atoms with van der Waals surface area (Å²) >= 11 is 3.23. The molecule has 0 aromatic carbocycles. The maximum absolute atomic E-state index is 11.8. The van der Waals surface area contributed by atoms with Gasteiger partial charge in [-0.15, -0.1) is 0 Å². The molecule has 9 heavy (non-hydrogen) atoms. The van der Waals surface area contributed by atoms with Gasteiger partial charge in [-0.25, -0.2) is 4.39 Å². The molecule has 56 valence electrons. The van der Waals surface area contributed by atoms with Crippen molar-refractivity contribution in [2.75, 3.05) is 6.67 Å². The van der Waals surface area contributed by atoms with Crippen molar-refractivity contribution < 1.29 is 4.39 Å². The van der Waals surface area contributed by atoms with Crippen molar-refractivity contribution in [3.05, 3.63) is 0 Å². The summed E-state index contributed by atoms with van der Waals surface area (Å²) in [5.41, 5.74) is 0. The molecule has 0 nitrogen and oxygen atoms in total. The van der Waals surface area contributed by atoms with E-state index in [1.165, 1.54) is 12.8 Å². The minimum Gasteiger partial charge on any atom is -0.250 e. The molecule has 0 N–H and O–H groups in total. The molecule has 0 rings (SSSR count). The summed E-state index contributed by atoms with van der Waals surface area (Å²) in [5, 5.41) is 0. The molecule has 0 aliphatic rings. The van der Waals surface area contributed by atoms with Crippen molar-refractivity contribution in [3.8, 4) is 0 Å². The van der Waals surface area contributed by atoms with Gasteiger partial charge in [-0.3, -0.25) is 0 Å². The first-order chi connectivity index (χ1) is 4.31. The predicted molar refractivity (Wildman–Crippen MR) is 42.8 cm³/mol. The monoisotopic (exact) mass is 196 g/mol. The van der Waals surface area contributed by atoms with E-state index in [2.05, 4.69) is 22.9 Å². The molecule has 0 aromatic heterocycles. The molecule has 0 heterocycles. The molecule has 0 saturated carbocycles. The largest absolute Gasteiger partial charge is 0.250 e. The van der Waals surface area contributed by atoms with Crippen LogP contribution in [0.3, 0.4) is 0 Å². The Labute approximate surface area is 65.0 Å². The molecule has 0 spiro atoms. The second kappa shape index (κ2) is 6.53. The van der Waals surface area contributed by atoms with Gasteiger partial charge in [0.15, 0.2) is 0 Å². The van der Waals surface area contributed by atoms with Gasteiger partial charge in [-0.2, -0.15) is 0 Å². The van der Waals surface area contributed by atoms with E-state index in [0.717, 1.165) is 12.8 Å². The van der Waals surface area contributed by atoms with Crippen molar-refractivity contribution in [1.82, 2.24) is 0 Å². The highest BCUT2D eigenvalue weighted by Crippen LogP contribution is 2.10. The predicted octanol–water partition coefficient (Wildman–Crippen LogP) is 3.30. The van der Waals surface area contributed by atoms with Crippen molar-refractivity contribution in [3.63, 3.8) is 0 Å².